The molecule has 18 heavy (non-hydrogen) atoms. The molecule has 1 aromatic carbocycles. The van der Waals surface area contributed by atoms with Crippen LogP contribution in [0.3, 0.4) is 0 Å². The van der Waals surface area contributed by atoms with Gasteiger partial charge in [0.1, 0.15) is 12.4 Å². The molecule has 1 aromatic heterocycles. The first-order valence-electron chi connectivity index (χ1n) is 5.67. The van der Waals surface area contributed by atoms with Crippen LogP contribution in [0.2, 0.25) is 0 Å². The van der Waals surface area contributed by atoms with E-state index in [4.69, 9.17) is 15.2 Å². The summed E-state index contributed by atoms with van der Waals surface area (Å²) in [6.07, 6.45) is 1.70. The number of benzene rings is 1. The molecule has 0 fully saturated rings. The summed E-state index contributed by atoms with van der Waals surface area (Å²) in [4.78, 5) is 4.16. The third-order valence-corrected chi connectivity index (χ3v) is 2.64. The molecular weight excluding hydrogens is 228 g/mol. The second-order valence-electron chi connectivity index (χ2n) is 4.02. The van der Waals surface area contributed by atoms with Crippen molar-refractivity contribution in [1.82, 2.24) is 4.98 Å². The lowest BCUT2D eigenvalue weighted by molar-refractivity contribution is 0.293. The van der Waals surface area contributed by atoms with Gasteiger partial charge in [-0.1, -0.05) is 12.1 Å². The number of rotatable bonds is 4. The van der Waals surface area contributed by atoms with E-state index in [0.717, 1.165) is 16.9 Å². The molecule has 0 amide bonds. The number of methoxy groups -OCH3 is 1. The summed E-state index contributed by atoms with van der Waals surface area (Å²) in [5.74, 6) is 1.34. The molecule has 0 bridgehead atoms. The Labute approximate surface area is 106 Å². The number of nitrogens with zero attached hydrogens (tertiary/aromatic N) is 1. The van der Waals surface area contributed by atoms with Gasteiger partial charge < -0.3 is 15.2 Å². The zero-order valence-electron chi connectivity index (χ0n) is 10.5. The van der Waals surface area contributed by atoms with Crippen molar-refractivity contribution in [3.05, 3.63) is 47.7 Å². The molecule has 0 aliphatic rings. The average Bonchev–Trinajstić information content (AvgIpc) is 2.40. The van der Waals surface area contributed by atoms with E-state index in [-0.39, 0.29) is 0 Å². The van der Waals surface area contributed by atoms with Gasteiger partial charge in [-0.05, 0) is 30.2 Å². The van der Waals surface area contributed by atoms with E-state index in [0.29, 0.717) is 18.2 Å². The van der Waals surface area contributed by atoms with Crippen LogP contribution in [-0.2, 0) is 6.61 Å². The van der Waals surface area contributed by atoms with Gasteiger partial charge in [0, 0.05) is 18.0 Å². The maximum Gasteiger partial charge on any atom is 0.215 e. The van der Waals surface area contributed by atoms with Gasteiger partial charge in [-0.15, -0.1) is 0 Å². The van der Waals surface area contributed by atoms with Crippen molar-refractivity contribution in [1.29, 1.82) is 0 Å². The minimum absolute atomic E-state index is 0.437. The molecule has 0 saturated heterocycles. The van der Waals surface area contributed by atoms with E-state index in [1.165, 1.54) is 0 Å². The lowest BCUT2D eigenvalue weighted by Crippen LogP contribution is -1.99. The number of aryl methyl sites for hydroxylation is 1. The van der Waals surface area contributed by atoms with Crippen LogP contribution in [0, 0.1) is 6.92 Å². The molecule has 0 atom stereocenters. The molecule has 0 saturated carbocycles. The van der Waals surface area contributed by atoms with Gasteiger partial charge in [0.05, 0.1) is 7.11 Å². The van der Waals surface area contributed by atoms with E-state index in [2.05, 4.69) is 4.98 Å². The van der Waals surface area contributed by atoms with Crippen LogP contribution in [0.5, 0.6) is 11.6 Å². The lowest BCUT2D eigenvalue weighted by Gasteiger charge is -2.08. The molecule has 0 unspecified atom stereocenters. The SMILES string of the molecule is COc1cccc(COc2cc(N)c(C)cn2)c1. The number of hydrogen-bond acceptors (Lipinski definition) is 4. The third-order valence-electron chi connectivity index (χ3n) is 2.64. The highest BCUT2D eigenvalue weighted by atomic mass is 16.5. The Bertz CT molecular complexity index is 541. The zero-order chi connectivity index (χ0) is 13.0. The van der Waals surface area contributed by atoms with E-state index in [9.17, 15) is 0 Å². The number of ether oxygens (including phenoxy) is 2. The van der Waals surface area contributed by atoms with Crippen molar-refractivity contribution in [3.8, 4) is 11.6 Å². The summed E-state index contributed by atoms with van der Waals surface area (Å²) >= 11 is 0. The monoisotopic (exact) mass is 244 g/mol. The summed E-state index contributed by atoms with van der Waals surface area (Å²) in [7, 11) is 1.64. The van der Waals surface area contributed by atoms with E-state index in [1.54, 1.807) is 19.4 Å². The van der Waals surface area contributed by atoms with Crippen LogP contribution in [0.4, 0.5) is 5.69 Å². The van der Waals surface area contributed by atoms with Crippen molar-refractivity contribution in [2.75, 3.05) is 12.8 Å². The summed E-state index contributed by atoms with van der Waals surface area (Å²) in [5.41, 5.74) is 8.45. The first-order valence-corrected chi connectivity index (χ1v) is 5.67. The third kappa shape index (κ3) is 2.91. The zero-order valence-corrected chi connectivity index (χ0v) is 10.5. The Hall–Kier alpha value is -2.23. The summed E-state index contributed by atoms with van der Waals surface area (Å²) in [5, 5.41) is 0. The van der Waals surface area contributed by atoms with Crippen LogP contribution >= 0.6 is 0 Å². The molecule has 0 aliphatic carbocycles. The molecule has 0 aliphatic heterocycles. The van der Waals surface area contributed by atoms with Crippen LogP contribution in [0.15, 0.2) is 36.5 Å². The number of aromatic nitrogens is 1. The largest absolute Gasteiger partial charge is 0.497 e. The van der Waals surface area contributed by atoms with Crippen molar-refractivity contribution in [3.63, 3.8) is 0 Å². The minimum atomic E-state index is 0.437. The van der Waals surface area contributed by atoms with Gasteiger partial charge in [-0.25, -0.2) is 4.98 Å². The van der Waals surface area contributed by atoms with Crippen molar-refractivity contribution in [2.24, 2.45) is 0 Å². The van der Waals surface area contributed by atoms with Crippen LogP contribution in [-0.4, -0.2) is 12.1 Å². The number of hydrogen-bond donors (Lipinski definition) is 1. The van der Waals surface area contributed by atoms with Crippen molar-refractivity contribution >= 4 is 5.69 Å². The number of nitrogen functional groups attached to an aromatic ring is 1. The van der Waals surface area contributed by atoms with Gasteiger partial charge in [0.2, 0.25) is 5.88 Å². The maximum absolute atomic E-state index is 5.80. The van der Waals surface area contributed by atoms with Gasteiger partial charge in [-0.3, -0.25) is 0 Å². The maximum atomic E-state index is 5.80. The smallest absolute Gasteiger partial charge is 0.215 e. The first kappa shape index (κ1) is 12.2. The van der Waals surface area contributed by atoms with Gasteiger partial charge in [0.25, 0.3) is 0 Å². The molecule has 94 valence electrons. The van der Waals surface area contributed by atoms with E-state index in [1.807, 2.05) is 31.2 Å². The predicted octanol–water partition coefficient (Wildman–Crippen LogP) is 2.56. The number of anilines is 1. The highest BCUT2D eigenvalue weighted by Gasteiger charge is 2.01. The predicted molar refractivity (Wildman–Crippen MR) is 70.7 cm³/mol. The lowest BCUT2D eigenvalue weighted by atomic mass is 10.2. The van der Waals surface area contributed by atoms with E-state index < -0.39 is 0 Å². The van der Waals surface area contributed by atoms with Crippen LogP contribution in [0.1, 0.15) is 11.1 Å². The van der Waals surface area contributed by atoms with Crippen LogP contribution < -0.4 is 15.2 Å². The van der Waals surface area contributed by atoms with Gasteiger partial charge >= 0.3 is 0 Å². The standard InChI is InChI=1S/C14H16N2O2/c1-10-8-16-14(7-13(10)15)18-9-11-4-3-5-12(6-11)17-2/h3-8H,9H2,1-2H3,(H2,15,16). The molecule has 2 N–H and O–H groups in total. The summed E-state index contributed by atoms with van der Waals surface area (Å²) in [6.45, 7) is 2.35. The Balaban J connectivity index is 2.04. The van der Waals surface area contributed by atoms with Crippen molar-refractivity contribution in [2.45, 2.75) is 13.5 Å². The molecule has 0 spiro atoms. The molecule has 2 aromatic rings. The molecule has 0 radical (unpaired) electrons. The molecule has 4 heteroatoms. The highest BCUT2D eigenvalue weighted by Crippen LogP contribution is 2.18. The topological polar surface area (TPSA) is 57.4 Å². The summed E-state index contributed by atoms with van der Waals surface area (Å²) in [6, 6.07) is 9.45. The molecule has 2 rings (SSSR count). The minimum Gasteiger partial charge on any atom is -0.497 e. The first-order chi connectivity index (χ1) is 8.69. The number of pyridine rings is 1. The fraction of sp³-hybridized carbons (Fsp3) is 0.214. The average molecular weight is 244 g/mol. The fourth-order valence-electron chi connectivity index (χ4n) is 1.52. The fourth-order valence-corrected chi connectivity index (χ4v) is 1.52. The van der Waals surface area contributed by atoms with E-state index >= 15 is 0 Å². The Kier molecular flexibility index (Phi) is 3.67. The molecule has 1 heterocycles. The summed E-state index contributed by atoms with van der Waals surface area (Å²) < 4.78 is 10.7. The number of nitrogens with two attached hydrogens (primary N) is 1. The normalized spacial score (nSPS) is 10.1. The molecule has 4 nitrogen and oxygen atoms in total. The Morgan fingerprint density at radius 3 is 2.83 bits per heavy atom. The second-order valence-corrected chi connectivity index (χ2v) is 4.02. The second kappa shape index (κ2) is 5.40. The van der Waals surface area contributed by atoms with Crippen LogP contribution in [0.25, 0.3) is 0 Å². The van der Waals surface area contributed by atoms with Gasteiger partial charge in [0.15, 0.2) is 0 Å². The molecular formula is C14H16N2O2. The quantitative estimate of drug-likeness (QED) is 0.898. The highest BCUT2D eigenvalue weighted by molar-refractivity contribution is 5.47. The Morgan fingerprint density at radius 1 is 1.28 bits per heavy atom. The Morgan fingerprint density at radius 2 is 2.11 bits per heavy atom. The van der Waals surface area contributed by atoms with Crippen molar-refractivity contribution < 1.29 is 9.47 Å². The van der Waals surface area contributed by atoms with Gasteiger partial charge in [-0.2, -0.15) is 0 Å².